The molecule has 0 saturated carbocycles. The maximum Gasteiger partial charge on any atom is 0.260 e. The molecular weight excluding hydrogens is 503 g/mol. The maximum absolute atomic E-state index is 15.1. The van der Waals surface area contributed by atoms with Crippen molar-refractivity contribution in [3.63, 3.8) is 0 Å². The maximum atomic E-state index is 15.1. The number of carbonyl (C=O) groups is 2. The number of hydrogen-bond acceptors (Lipinski definition) is 8. The summed E-state index contributed by atoms with van der Waals surface area (Å²) in [6, 6.07) is 6.34. The quantitative estimate of drug-likeness (QED) is 0.445. The van der Waals surface area contributed by atoms with Gasteiger partial charge < -0.3 is 24.6 Å². The van der Waals surface area contributed by atoms with E-state index in [0.29, 0.717) is 49.5 Å². The Morgan fingerprint density at radius 3 is 2.78 bits per heavy atom. The van der Waals surface area contributed by atoms with E-state index in [2.05, 4.69) is 26.8 Å². The van der Waals surface area contributed by atoms with E-state index in [1.807, 2.05) is 0 Å². The minimum absolute atomic E-state index is 0.0499. The highest BCUT2D eigenvalue weighted by Crippen LogP contribution is 2.34. The first-order valence-electron chi connectivity index (χ1n) is 11.8. The second kappa shape index (κ2) is 10.6. The van der Waals surface area contributed by atoms with Crippen molar-refractivity contribution in [1.82, 2.24) is 24.8 Å². The van der Waals surface area contributed by atoms with Crippen LogP contribution in [0.25, 0.3) is 11.0 Å². The van der Waals surface area contributed by atoms with Crippen molar-refractivity contribution in [1.29, 1.82) is 0 Å². The van der Waals surface area contributed by atoms with Gasteiger partial charge in [-0.2, -0.15) is 0 Å². The zero-order valence-electron chi connectivity index (χ0n) is 19.8. The Morgan fingerprint density at radius 1 is 1.19 bits per heavy atom. The van der Waals surface area contributed by atoms with Crippen molar-refractivity contribution in [2.75, 3.05) is 38.1 Å². The molecular formula is C25H24ClFN6O4. The van der Waals surface area contributed by atoms with Crippen molar-refractivity contribution < 1.29 is 23.5 Å². The van der Waals surface area contributed by atoms with Crippen LogP contribution in [-0.4, -0.2) is 75.5 Å². The number of amides is 2. The third-order valence-electron chi connectivity index (χ3n) is 6.23. The number of fused-ring (bicyclic) bond motifs is 1. The van der Waals surface area contributed by atoms with Gasteiger partial charge in [0.2, 0.25) is 11.8 Å². The largest absolute Gasteiger partial charge is 0.482 e. The van der Waals surface area contributed by atoms with Crippen molar-refractivity contribution in [2.45, 2.75) is 18.9 Å². The molecule has 1 atom stereocenters. The Hall–Kier alpha value is -3.99. The molecule has 2 aromatic heterocycles. The Morgan fingerprint density at radius 2 is 2.03 bits per heavy atom. The first-order valence-corrected chi connectivity index (χ1v) is 12.2. The lowest BCUT2D eigenvalue weighted by Crippen LogP contribution is -2.44. The lowest BCUT2D eigenvalue weighted by molar-refractivity contribution is -0.136. The van der Waals surface area contributed by atoms with Crippen LogP contribution in [0.15, 0.2) is 43.2 Å². The van der Waals surface area contributed by atoms with Crippen molar-refractivity contribution in [3.05, 3.63) is 54.1 Å². The van der Waals surface area contributed by atoms with Crippen LogP contribution in [0, 0.1) is 5.82 Å². The zero-order chi connectivity index (χ0) is 25.9. The van der Waals surface area contributed by atoms with E-state index < -0.39 is 5.82 Å². The summed E-state index contributed by atoms with van der Waals surface area (Å²) in [5.74, 6) is -0.413. The standard InChI is InChI=1S/C25H24ClFN6O4/c1-2-20(34)33-11-8-15(12-33)37-19-7-5-17-24(31-19)25(29-14-28-17)30-16-4-6-18(22(26)23(16)27)36-13-21(35)32-9-3-10-32/h2,4-7,14-15H,1,3,8-13H2,(H,28,29,30)/t15-/m0/s1. The molecule has 2 aliphatic rings. The molecule has 5 rings (SSSR count). The van der Waals surface area contributed by atoms with Crippen molar-refractivity contribution in [2.24, 2.45) is 0 Å². The molecule has 12 heteroatoms. The fourth-order valence-corrected chi connectivity index (χ4v) is 4.29. The summed E-state index contributed by atoms with van der Waals surface area (Å²) < 4.78 is 26.5. The molecule has 2 amide bonds. The number of anilines is 2. The first-order chi connectivity index (χ1) is 17.9. The highest BCUT2D eigenvalue weighted by atomic mass is 35.5. The number of halogens is 2. The van der Waals surface area contributed by atoms with Gasteiger partial charge >= 0.3 is 0 Å². The van der Waals surface area contributed by atoms with Crippen LogP contribution in [0.5, 0.6) is 11.6 Å². The second-order valence-corrected chi connectivity index (χ2v) is 9.02. The normalized spacial score (nSPS) is 16.9. The summed E-state index contributed by atoms with van der Waals surface area (Å²) in [4.78, 5) is 40.1. The Labute approximate surface area is 217 Å². The average Bonchev–Trinajstić information content (AvgIpc) is 3.33. The minimum Gasteiger partial charge on any atom is -0.482 e. The SMILES string of the molecule is C=CC(=O)N1CC[C@H](Oc2ccc3ncnc(Nc4ccc(OCC(=O)N5CCC5)c(Cl)c4F)c3n2)C1. The molecule has 0 spiro atoms. The van der Waals surface area contributed by atoms with Gasteiger partial charge in [0, 0.05) is 32.1 Å². The fraction of sp³-hybridized carbons (Fsp3) is 0.320. The molecule has 0 radical (unpaired) electrons. The van der Waals surface area contributed by atoms with E-state index in [0.717, 1.165) is 6.42 Å². The van der Waals surface area contributed by atoms with Crippen LogP contribution in [0.1, 0.15) is 12.8 Å². The van der Waals surface area contributed by atoms with E-state index in [4.69, 9.17) is 21.1 Å². The topological polar surface area (TPSA) is 110 Å². The summed E-state index contributed by atoms with van der Waals surface area (Å²) in [6.07, 6.45) is 4.03. The van der Waals surface area contributed by atoms with Crippen LogP contribution in [0.3, 0.4) is 0 Å². The van der Waals surface area contributed by atoms with Gasteiger partial charge in [0.1, 0.15) is 28.7 Å². The van der Waals surface area contributed by atoms with Gasteiger partial charge in [-0.05, 0) is 30.7 Å². The molecule has 4 heterocycles. The molecule has 1 aromatic carbocycles. The van der Waals surface area contributed by atoms with Crippen LogP contribution in [0.4, 0.5) is 15.9 Å². The van der Waals surface area contributed by atoms with Crippen molar-refractivity contribution in [3.8, 4) is 11.6 Å². The summed E-state index contributed by atoms with van der Waals surface area (Å²) >= 11 is 6.19. The zero-order valence-corrected chi connectivity index (χ0v) is 20.6. The van der Waals surface area contributed by atoms with E-state index in [1.165, 1.54) is 24.5 Å². The lowest BCUT2D eigenvalue weighted by Gasteiger charge is -2.30. The number of rotatable bonds is 8. The third kappa shape index (κ3) is 5.26. The number of ether oxygens (including phenoxy) is 2. The molecule has 3 aromatic rings. The third-order valence-corrected chi connectivity index (χ3v) is 6.59. The minimum atomic E-state index is -0.757. The Bertz CT molecular complexity index is 1370. The average molecular weight is 527 g/mol. The molecule has 192 valence electrons. The Kier molecular flexibility index (Phi) is 7.04. The number of likely N-dealkylation sites (tertiary alicyclic amines) is 2. The molecule has 0 unspecified atom stereocenters. The van der Waals surface area contributed by atoms with Crippen LogP contribution >= 0.6 is 11.6 Å². The number of hydrogen-bond donors (Lipinski definition) is 1. The van der Waals surface area contributed by atoms with Crippen molar-refractivity contribution >= 4 is 46.0 Å². The van der Waals surface area contributed by atoms with Gasteiger partial charge in [-0.1, -0.05) is 18.2 Å². The number of benzene rings is 1. The van der Waals surface area contributed by atoms with Gasteiger partial charge in [-0.15, -0.1) is 0 Å². The van der Waals surface area contributed by atoms with Crippen LogP contribution in [0.2, 0.25) is 5.02 Å². The molecule has 0 aliphatic carbocycles. The molecule has 2 saturated heterocycles. The Balaban J connectivity index is 1.31. The van der Waals surface area contributed by atoms with Gasteiger partial charge in [0.25, 0.3) is 5.91 Å². The van der Waals surface area contributed by atoms with E-state index >= 15 is 4.39 Å². The fourth-order valence-electron chi connectivity index (χ4n) is 4.07. The first kappa shape index (κ1) is 24.7. The number of nitrogens with one attached hydrogen (secondary N) is 1. The molecule has 0 bridgehead atoms. The van der Waals surface area contributed by atoms with E-state index in [9.17, 15) is 9.59 Å². The predicted molar refractivity (Wildman–Crippen MR) is 135 cm³/mol. The van der Waals surface area contributed by atoms with Crippen LogP contribution in [-0.2, 0) is 9.59 Å². The van der Waals surface area contributed by atoms with E-state index in [-0.39, 0.29) is 46.8 Å². The molecule has 37 heavy (non-hydrogen) atoms. The smallest absolute Gasteiger partial charge is 0.260 e. The van der Waals surface area contributed by atoms with Gasteiger partial charge in [0.15, 0.2) is 18.2 Å². The monoisotopic (exact) mass is 526 g/mol. The molecule has 1 N–H and O–H groups in total. The number of pyridine rings is 1. The number of aromatic nitrogens is 3. The van der Waals surface area contributed by atoms with Gasteiger partial charge in [-0.3, -0.25) is 9.59 Å². The summed E-state index contributed by atoms with van der Waals surface area (Å²) in [6.45, 7) is 5.72. The summed E-state index contributed by atoms with van der Waals surface area (Å²) in [5, 5.41) is 2.66. The molecule has 2 aliphatic heterocycles. The highest BCUT2D eigenvalue weighted by molar-refractivity contribution is 6.32. The molecule has 10 nitrogen and oxygen atoms in total. The molecule has 2 fully saturated rings. The van der Waals surface area contributed by atoms with E-state index in [1.54, 1.807) is 21.9 Å². The lowest BCUT2D eigenvalue weighted by atomic mass is 10.2. The summed E-state index contributed by atoms with van der Waals surface area (Å²) in [5.41, 5.74) is 0.942. The predicted octanol–water partition coefficient (Wildman–Crippen LogP) is 3.34. The summed E-state index contributed by atoms with van der Waals surface area (Å²) in [7, 11) is 0. The number of carbonyl (C=O) groups excluding carboxylic acids is 2. The van der Waals surface area contributed by atoms with Gasteiger partial charge in [-0.25, -0.2) is 19.3 Å². The van der Waals surface area contributed by atoms with Crippen LogP contribution < -0.4 is 14.8 Å². The van der Waals surface area contributed by atoms with Gasteiger partial charge in [0.05, 0.1) is 17.7 Å². The highest BCUT2D eigenvalue weighted by Gasteiger charge is 2.27. The second-order valence-electron chi connectivity index (χ2n) is 8.64. The number of nitrogens with zero attached hydrogens (tertiary/aromatic N) is 5.